The van der Waals surface area contributed by atoms with Crippen molar-refractivity contribution >= 4 is 27.2 Å². The minimum atomic E-state index is -0.301. The fourth-order valence-corrected chi connectivity index (χ4v) is 3.83. The van der Waals surface area contributed by atoms with Crippen LogP contribution in [0.1, 0.15) is 11.4 Å². The van der Waals surface area contributed by atoms with Gasteiger partial charge in [0.05, 0.1) is 11.9 Å². The first-order valence-electron chi connectivity index (χ1n) is 8.17. The Bertz CT molecular complexity index is 1130. The first-order valence-corrected chi connectivity index (χ1v) is 9.05. The van der Waals surface area contributed by atoms with E-state index in [1.54, 1.807) is 12.1 Å². The summed E-state index contributed by atoms with van der Waals surface area (Å²) >= 11 is 1.41. The van der Waals surface area contributed by atoms with Gasteiger partial charge >= 0.3 is 0 Å². The van der Waals surface area contributed by atoms with E-state index >= 15 is 0 Å². The van der Waals surface area contributed by atoms with Crippen molar-refractivity contribution in [3.8, 4) is 11.1 Å². The minimum Gasteiger partial charge on any atom is -0.378 e. The van der Waals surface area contributed by atoms with Crippen LogP contribution in [0.15, 0.2) is 58.7 Å². The largest absolute Gasteiger partial charge is 0.378 e. The lowest BCUT2D eigenvalue weighted by Crippen LogP contribution is -2.14. The number of hydrogen-bond donors (Lipinski definition) is 2. The molecule has 2 aromatic carbocycles. The lowest BCUT2D eigenvalue weighted by Gasteiger charge is -2.07. The molecule has 0 spiro atoms. The third kappa shape index (κ3) is 3.23. The van der Waals surface area contributed by atoms with Crippen LogP contribution in [0.2, 0.25) is 0 Å². The van der Waals surface area contributed by atoms with Gasteiger partial charge in [0.15, 0.2) is 0 Å². The van der Waals surface area contributed by atoms with Gasteiger partial charge in [-0.05, 0) is 42.3 Å². The van der Waals surface area contributed by atoms with Gasteiger partial charge in [0.1, 0.15) is 16.5 Å². The van der Waals surface area contributed by atoms with Gasteiger partial charge in [-0.15, -0.1) is 11.3 Å². The standard InChI is InChI=1S/C20H16FN3OS/c1-12-3-2-4-15(9-12)22-10-17-23-19(25)18-16(11-26-20(18)24-17)13-5-7-14(21)8-6-13/h2-9,11,22H,10H2,1H3,(H,23,24,25). The van der Waals surface area contributed by atoms with Crippen molar-refractivity contribution in [2.45, 2.75) is 13.5 Å². The Morgan fingerprint density at radius 1 is 1.19 bits per heavy atom. The van der Waals surface area contributed by atoms with Gasteiger partial charge in [0, 0.05) is 16.6 Å². The van der Waals surface area contributed by atoms with Crippen molar-refractivity contribution in [1.29, 1.82) is 0 Å². The average Bonchev–Trinajstić information content (AvgIpc) is 3.05. The second-order valence-corrected chi connectivity index (χ2v) is 6.93. The summed E-state index contributed by atoms with van der Waals surface area (Å²) in [6.07, 6.45) is 0. The Hall–Kier alpha value is -2.99. The monoisotopic (exact) mass is 365 g/mol. The van der Waals surface area contributed by atoms with Crippen LogP contribution in [0.3, 0.4) is 0 Å². The predicted octanol–water partition coefficient (Wildman–Crippen LogP) is 4.71. The molecule has 0 aliphatic rings. The molecular formula is C20H16FN3OS. The second kappa shape index (κ2) is 6.72. The number of fused-ring (bicyclic) bond motifs is 1. The second-order valence-electron chi connectivity index (χ2n) is 6.07. The number of aryl methyl sites for hydroxylation is 1. The highest BCUT2D eigenvalue weighted by molar-refractivity contribution is 7.17. The topological polar surface area (TPSA) is 57.8 Å². The predicted molar refractivity (Wildman–Crippen MR) is 104 cm³/mol. The molecule has 0 bridgehead atoms. The number of rotatable bonds is 4. The molecule has 0 unspecified atom stereocenters. The maximum absolute atomic E-state index is 13.1. The van der Waals surface area contributed by atoms with Crippen LogP contribution in [-0.2, 0) is 6.54 Å². The summed E-state index contributed by atoms with van der Waals surface area (Å²) in [6, 6.07) is 14.1. The van der Waals surface area contributed by atoms with E-state index in [0.29, 0.717) is 22.6 Å². The third-order valence-corrected chi connectivity index (χ3v) is 5.00. The molecule has 0 saturated carbocycles. The fraction of sp³-hybridized carbons (Fsp3) is 0.100. The molecule has 2 heterocycles. The summed E-state index contributed by atoms with van der Waals surface area (Å²) in [4.78, 5) is 20.7. The van der Waals surface area contributed by atoms with Crippen LogP contribution in [-0.4, -0.2) is 9.97 Å². The van der Waals surface area contributed by atoms with Gasteiger partial charge in [-0.2, -0.15) is 0 Å². The molecule has 0 radical (unpaired) electrons. The number of hydrogen-bond acceptors (Lipinski definition) is 4. The summed E-state index contributed by atoms with van der Waals surface area (Å²) in [6.45, 7) is 2.46. The molecule has 4 nitrogen and oxygen atoms in total. The Labute approximate surface area is 153 Å². The summed E-state index contributed by atoms with van der Waals surface area (Å²) in [5.74, 6) is 0.279. The molecule has 130 valence electrons. The third-order valence-electron chi connectivity index (χ3n) is 4.13. The van der Waals surface area contributed by atoms with E-state index in [1.165, 1.54) is 23.5 Å². The van der Waals surface area contributed by atoms with Gasteiger partial charge < -0.3 is 10.3 Å². The number of aromatic amines is 1. The van der Waals surface area contributed by atoms with E-state index < -0.39 is 0 Å². The highest BCUT2D eigenvalue weighted by Crippen LogP contribution is 2.30. The van der Waals surface area contributed by atoms with E-state index in [-0.39, 0.29) is 11.4 Å². The number of halogens is 1. The molecule has 4 rings (SSSR count). The molecule has 0 fully saturated rings. The maximum Gasteiger partial charge on any atom is 0.260 e. The van der Waals surface area contributed by atoms with Crippen LogP contribution < -0.4 is 10.9 Å². The molecule has 6 heteroatoms. The summed E-state index contributed by atoms with van der Waals surface area (Å²) in [5, 5.41) is 5.70. The lowest BCUT2D eigenvalue weighted by molar-refractivity contribution is 0.628. The number of anilines is 1. The molecule has 0 aliphatic carbocycles. The van der Waals surface area contributed by atoms with E-state index in [2.05, 4.69) is 15.3 Å². The van der Waals surface area contributed by atoms with Crippen LogP contribution in [0.25, 0.3) is 21.3 Å². The van der Waals surface area contributed by atoms with Gasteiger partial charge in [-0.3, -0.25) is 4.79 Å². The van der Waals surface area contributed by atoms with E-state index in [0.717, 1.165) is 22.4 Å². The van der Waals surface area contributed by atoms with Gasteiger partial charge in [0.25, 0.3) is 5.56 Å². The molecule has 0 atom stereocenters. The number of aromatic nitrogens is 2. The number of H-pyrrole nitrogens is 1. The van der Waals surface area contributed by atoms with Crippen LogP contribution in [0.4, 0.5) is 10.1 Å². The van der Waals surface area contributed by atoms with E-state index in [4.69, 9.17) is 0 Å². The summed E-state index contributed by atoms with van der Waals surface area (Å²) in [7, 11) is 0. The minimum absolute atomic E-state index is 0.184. The highest BCUT2D eigenvalue weighted by atomic mass is 32.1. The summed E-state index contributed by atoms with van der Waals surface area (Å²) in [5.41, 5.74) is 3.53. The molecule has 2 aromatic heterocycles. The Balaban J connectivity index is 1.65. The quantitative estimate of drug-likeness (QED) is 0.551. The number of benzene rings is 2. The van der Waals surface area contributed by atoms with Crippen molar-refractivity contribution in [3.05, 3.63) is 81.5 Å². The average molecular weight is 365 g/mol. The normalized spacial score (nSPS) is 11.0. The molecule has 0 aliphatic heterocycles. The Morgan fingerprint density at radius 2 is 2.00 bits per heavy atom. The van der Waals surface area contributed by atoms with E-state index in [9.17, 15) is 9.18 Å². The van der Waals surface area contributed by atoms with Crippen molar-refractivity contribution < 1.29 is 4.39 Å². The van der Waals surface area contributed by atoms with Crippen LogP contribution in [0, 0.1) is 12.7 Å². The molecule has 2 N–H and O–H groups in total. The smallest absolute Gasteiger partial charge is 0.260 e. The highest BCUT2D eigenvalue weighted by Gasteiger charge is 2.13. The van der Waals surface area contributed by atoms with Crippen molar-refractivity contribution in [1.82, 2.24) is 9.97 Å². The first-order chi connectivity index (χ1) is 12.6. The van der Waals surface area contributed by atoms with Gasteiger partial charge in [0.2, 0.25) is 0 Å². The van der Waals surface area contributed by atoms with Gasteiger partial charge in [-0.25, -0.2) is 9.37 Å². The number of nitrogens with one attached hydrogen (secondary N) is 2. The number of nitrogens with zero attached hydrogens (tertiary/aromatic N) is 1. The Kier molecular flexibility index (Phi) is 4.26. The molecule has 26 heavy (non-hydrogen) atoms. The molecule has 0 amide bonds. The fourth-order valence-electron chi connectivity index (χ4n) is 2.86. The molecule has 0 saturated heterocycles. The SMILES string of the molecule is Cc1cccc(NCc2nc3scc(-c4ccc(F)cc4)c3c(=O)[nH]2)c1. The van der Waals surface area contributed by atoms with Crippen LogP contribution >= 0.6 is 11.3 Å². The first kappa shape index (κ1) is 16.5. The van der Waals surface area contributed by atoms with Crippen LogP contribution in [0.5, 0.6) is 0 Å². The Morgan fingerprint density at radius 3 is 2.77 bits per heavy atom. The van der Waals surface area contributed by atoms with Crippen molar-refractivity contribution in [2.75, 3.05) is 5.32 Å². The van der Waals surface area contributed by atoms with E-state index in [1.807, 2.05) is 36.6 Å². The zero-order valence-electron chi connectivity index (χ0n) is 14.0. The molecular weight excluding hydrogens is 349 g/mol. The van der Waals surface area contributed by atoms with Gasteiger partial charge in [-0.1, -0.05) is 24.3 Å². The maximum atomic E-state index is 13.1. The zero-order valence-corrected chi connectivity index (χ0v) is 14.9. The van der Waals surface area contributed by atoms with Crippen molar-refractivity contribution in [3.63, 3.8) is 0 Å². The number of thiophene rings is 1. The lowest BCUT2D eigenvalue weighted by atomic mass is 10.1. The molecule has 4 aromatic rings. The van der Waals surface area contributed by atoms with Crippen molar-refractivity contribution in [2.24, 2.45) is 0 Å². The summed E-state index contributed by atoms with van der Waals surface area (Å²) < 4.78 is 13.1. The zero-order chi connectivity index (χ0) is 18.1.